The van der Waals surface area contributed by atoms with E-state index in [9.17, 15) is 20.4 Å². The second kappa shape index (κ2) is 9.14. The fraction of sp³-hybridized carbons (Fsp3) is 0.200. The molecular formula is C30H30O4. The quantitative estimate of drug-likeness (QED) is 0.270. The van der Waals surface area contributed by atoms with E-state index < -0.39 is 0 Å². The molecule has 0 aliphatic rings. The lowest BCUT2D eigenvalue weighted by atomic mass is 9.71. The molecule has 4 aromatic rings. The Bertz CT molecular complexity index is 1220. The molecule has 0 atom stereocenters. The molecule has 0 radical (unpaired) electrons. The lowest BCUT2D eigenvalue weighted by Gasteiger charge is -2.32. The van der Waals surface area contributed by atoms with Gasteiger partial charge in [0.25, 0.3) is 0 Å². The predicted octanol–water partition coefficient (Wildman–Crippen LogP) is 6.71. The molecule has 4 heteroatoms. The third-order valence-corrected chi connectivity index (χ3v) is 6.68. The maximum Gasteiger partial charge on any atom is 0.118 e. The molecule has 0 heterocycles. The normalized spacial score (nSPS) is 11.4. The smallest absolute Gasteiger partial charge is 0.118 e. The predicted molar refractivity (Wildman–Crippen MR) is 135 cm³/mol. The first-order chi connectivity index (χ1) is 16.2. The molecule has 0 saturated carbocycles. The summed E-state index contributed by atoms with van der Waals surface area (Å²) in [6.07, 6.45) is 0. The largest absolute Gasteiger partial charge is 0.508 e. The molecular weight excluding hydrogens is 424 g/mol. The zero-order valence-corrected chi connectivity index (χ0v) is 19.9. The molecule has 4 aromatic carbocycles. The van der Waals surface area contributed by atoms with Gasteiger partial charge in [0.15, 0.2) is 0 Å². The lowest BCUT2D eigenvalue weighted by Crippen LogP contribution is -2.17. The summed E-state index contributed by atoms with van der Waals surface area (Å²) >= 11 is 0. The van der Waals surface area contributed by atoms with E-state index in [0.717, 1.165) is 44.5 Å². The number of phenolic OH excluding ortho intramolecular Hbond substituents is 4. The van der Waals surface area contributed by atoms with Crippen LogP contribution in [0.4, 0.5) is 0 Å². The number of hydrogen-bond acceptors (Lipinski definition) is 4. The Kier molecular flexibility index (Phi) is 6.25. The molecule has 4 nitrogen and oxygen atoms in total. The number of benzene rings is 4. The molecule has 4 N–H and O–H groups in total. The average Bonchev–Trinajstić information content (AvgIpc) is 2.79. The van der Waals surface area contributed by atoms with E-state index >= 15 is 0 Å². The molecule has 34 heavy (non-hydrogen) atoms. The van der Waals surface area contributed by atoms with E-state index in [2.05, 4.69) is 0 Å². The average molecular weight is 455 g/mol. The molecule has 0 fully saturated rings. The van der Waals surface area contributed by atoms with Crippen LogP contribution in [-0.2, 0) is 0 Å². The monoisotopic (exact) mass is 454 g/mol. The Morgan fingerprint density at radius 2 is 0.794 bits per heavy atom. The van der Waals surface area contributed by atoms with Gasteiger partial charge in [-0.25, -0.2) is 0 Å². The molecule has 0 bridgehead atoms. The van der Waals surface area contributed by atoms with Crippen molar-refractivity contribution in [3.63, 3.8) is 0 Å². The summed E-state index contributed by atoms with van der Waals surface area (Å²) in [6, 6.07) is 22.1. The first-order valence-electron chi connectivity index (χ1n) is 11.3. The van der Waals surface area contributed by atoms with Crippen LogP contribution in [0.3, 0.4) is 0 Å². The summed E-state index contributed by atoms with van der Waals surface area (Å²) in [5.41, 5.74) is 7.63. The molecule has 0 unspecified atom stereocenters. The van der Waals surface area contributed by atoms with Crippen LogP contribution in [0.2, 0.25) is 0 Å². The zero-order valence-electron chi connectivity index (χ0n) is 19.9. The SMILES string of the molecule is Cc1cc(C(c2cc(C)c(O)cc2C)C(c2ccc(O)cc2)c2ccc(O)cc2)c(C)cc1O. The van der Waals surface area contributed by atoms with E-state index in [-0.39, 0.29) is 34.8 Å². The van der Waals surface area contributed by atoms with Gasteiger partial charge >= 0.3 is 0 Å². The number of aromatic hydroxyl groups is 4. The van der Waals surface area contributed by atoms with Gasteiger partial charge < -0.3 is 20.4 Å². The topological polar surface area (TPSA) is 80.9 Å². The second-order valence-corrected chi connectivity index (χ2v) is 9.13. The third-order valence-electron chi connectivity index (χ3n) is 6.68. The summed E-state index contributed by atoms with van der Waals surface area (Å²) in [5, 5.41) is 40.6. The molecule has 0 spiro atoms. The van der Waals surface area contributed by atoms with Gasteiger partial charge in [-0.05, 0) is 109 Å². The standard InChI is InChI=1S/C30H30O4/c1-17-15-27(33)19(3)13-25(17)30(26-14-20(4)28(34)16-18(26)2)29(21-5-9-23(31)10-6-21)22-7-11-24(32)12-8-22/h5-16,29-34H,1-4H3. The Morgan fingerprint density at radius 1 is 0.441 bits per heavy atom. The highest BCUT2D eigenvalue weighted by molar-refractivity contribution is 5.54. The maximum atomic E-state index is 10.4. The van der Waals surface area contributed by atoms with Crippen molar-refractivity contribution in [1.82, 2.24) is 0 Å². The van der Waals surface area contributed by atoms with Crippen LogP contribution in [-0.4, -0.2) is 20.4 Å². The van der Waals surface area contributed by atoms with Crippen LogP contribution in [0.15, 0.2) is 72.8 Å². The first kappa shape index (κ1) is 23.2. The Hall–Kier alpha value is -3.92. The summed E-state index contributed by atoms with van der Waals surface area (Å²) in [4.78, 5) is 0. The molecule has 4 rings (SSSR count). The first-order valence-corrected chi connectivity index (χ1v) is 11.3. The molecule has 0 aliphatic carbocycles. The summed E-state index contributed by atoms with van der Waals surface area (Å²) in [6.45, 7) is 7.77. The van der Waals surface area contributed by atoms with E-state index in [1.165, 1.54) is 0 Å². The van der Waals surface area contributed by atoms with Crippen LogP contribution in [0.25, 0.3) is 0 Å². The summed E-state index contributed by atoms with van der Waals surface area (Å²) in [7, 11) is 0. The number of phenols is 4. The van der Waals surface area contributed by atoms with Crippen molar-refractivity contribution >= 4 is 0 Å². The Morgan fingerprint density at radius 3 is 1.15 bits per heavy atom. The lowest BCUT2D eigenvalue weighted by molar-refractivity contribution is 0.469. The highest BCUT2D eigenvalue weighted by atomic mass is 16.3. The van der Waals surface area contributed by atoms with Crippen molar-refractivity contribution in [1.29, 1.82) is 0 Å². The highest BCUT2D eigenvalue weighted by Gasteiger charge is 2.31. The van der Waals surface area contributed by atoms with E-state index in [1.54, 1.807) is 36.4 Å². The van der Waals surface area contributed by atoms with Crippen molar-refractivity contribution in [2.24, 2.45) is 0 Å². The van der Waals surface area contributed by atoms with Crippen LogP contribution in [0, 0.1) is 27.7 Å². The number of aryl methyl sites for hydroxylation is 4. The molecule has 174 valence electrons. The fourth-order valence-electron chi connectivity index (χ4n) is 4.78. The summed E-state index contributed by atoms with van der Waals surface area (Å²) in [5.74, 6) is 0.573. The molecule has 0 amide bonds. The zero-order chi connectivity index (χ0) is 24.6. The van der Waals surface area contributed by atoms with Gasteiger partial charge in [0.2, 0.25) is 0 Å². The maximum absolute atomic E-state index is 10.4. The van der Waals surface area contributed by atoms with Crippen molar-refractivity contribution in [3.05, 3.63) is 117 Å². The van der Waals surface area contributed by atoms with Crippen LogP contribution in [0.5, 0.6) is 23.0 Å². The fourth-order valence-corrected chi connectivity index (χ4v) is 4.78. The van der Waals surface area contributed by atoms with Gasteiger partial charge in [-0.2, -0.15) is 0 Å². The Labute approximate surface area is 200 Å². The number of hydrogen-bond donors (Lipinski definition) is 4. The van der Waals surface area contributed by atoms with Gasteiger partial charge in [-0.1, -0.05) is 36.4 Å². The Balaban J connectivity index is 2.07. The number of rotatable bonds is 5. The van der Waals surface area contributed by atoms with Crippen LogP contribution >= 0.6 is 0 Å². The van der Waals surface area contributed by atoms with Crippen molar-refractivity contribution in [2.75, 3.05) is 0 Å². The summed E-state index contributed by atoms with van der Waals surface area (Å²) < 4.78 is 0. The second-order valence-electron chi connectivity index (χ2n) is 9.13. The molecule has 0 aromatic heterocycles. The molecule has 0 aliphatic heterocycles. The van der Waals surface area contributed by atoms with E-state index in [4.69, 9.17) is 0 Å². The molecule has 0 saturated heterocycles. The highest BCUT2D eigenvalue weighted by Crippen LogP contribution is 2.47. The van der Waals surface area contributed by atoms with Crippen molar-refractivity contribution in [3.8, 4) is 23.0 Å². The van der Waals surface area contributed by atoms with Crippen LogP contribution < -0.4 is 0 Å². The van der Waals surface area contributed by atoms with Gasteiger partial charge in [0.1, 0.15) is 23.0 Å². The minimum absolute atomic E-state index is 0.160. The van der Waals surface area contributed by atoms with Crippen molar-refractivity contribution in [2.45, 2.75) is 39.5 Å². The van der Waals surface area contributed by atoms with E-state index in [0.29, 0.717) is 0 Å². The van der Waals surface area contributed by atoms with Gasteiger partial charge in [0, 0.05) is 11.8 Å². The van der Waals surface area contributed by atoms with E-state index in [1.807, 2.05) is 64.1 Å². The minimum Gasteiger partial charge on any atom is -0.508 e. The van der Waals surface area contributed by atoms with Crippen LogP contribution in [0.1, 0.15) is 56.3 Å². The van der Waals surface area contributed by atoms with Gasteiger partial charge in [0.05, 0.1) is 0 Å². The minimum atomic E-state index is -0.161. The van der Waals surface area contributed by atoms with Gasteiger partial charge in [-0.15, -0.1) is 0 Å². The van der Waals surface area contributed by atoms with Gasteiger partial charge in [-0.3, -0.25) is 0 Å². The third kappa shape index (κ3) is 4.44. The van der Waals surface area contributed by atoms with Crippen molar-refractivity contribution < 1.29 is 20.4 Å².